The fraction of sp³-hybridized carbons (Fsp3) is 0.300. The summed E-state index contributed by atoms with van der Waals surface area (Å²) in [6, 6.07) is 1.35. The maximum Gasteiger partial charge on any atom is 0.455 e. The topological polar surface area (TPSA) is 55.1 Å². The molecule has 0 aliphatic carbocycles. The van der Waals surface area contributed by atoms with E-state index in [1.807, 2.05) is 0 Å². The first kappa shape index (κ1) is 16.1. The first-order chi connectivity index (χ1) is 8.97. The van der Waals surface area contributed by atoms with Gasteiger partial charge in [0.25, 0.3) is 5.91 Å². The van der Waals surface area contributed by atoms with Crippen LogP contribution >= 0.6 is 0 Å². The Morgan fingerprint density at radius 1 is 1.15 bits per heavy atom. The lowest BCUT2D eigenvalue weighted by Crippen LogP contribution is -2.47. The van der Waals surface area contributed by atoms with E-state index >= 15 is 0 Å². The van der Waals surface area contributed by atoms with Crippen LogP contribution in [0.25, 0.3) is 0 Å². The standard InChI is InChI=1S/C10H7F7N2O/c11-4-1-2-5(18)7(12)6(4)8(20)19-3-9(13,14)10(15,16)17/h1-2H,3,18H2,(H,19,20). The lowest BCUT2D eigenvalue weighted by atomic mass is 10.1. The number of nitrogen functional groups attached to an aromatic ring is 1. The van der Waals surface area contributed by atoms with Crippen LogP contribution in [0.2, 0.25) is 0 Å². The molecule has 0 aliphatic heterocycles. The molecule has 3 nitrogen and oxygen atoms in total. The van der Waals surface area contributed by atoms with Crippen LogP contribution in [0.1, 0.15) is 10.4 Å². The molecular weight excluding hydrogens is 297 g/mol. The molecule has 1 rings (SSSR count). The van der Waals surface area contributed by atoms with Crippen LogP contribution in [-0.4, -0.2) is 24.6 Å². The van der Waals surface area contributed by atoms with E-state index in [1.54, 1.807) is 0 Å². The van der Waals surface area contributed by atoms with Crippen molar-refractivity contribution in [1.82, 2.24) is 5.32 Å². The highest BCUT2D eigenvalue weighted by Crippen LogP contribution is 2.34. The third-order valence-electron chi connectivity index (χ3n) is 2.23. The van der Waals surface area contributed by atoms with Crippen molar-refractivity contribution in [2.24, 2.45) is 0 Å². The van der Waals surface area contributed by atoms with Crippen molar-refractivity contribution in [2.75, 3.05) is 12.3 Å². The summed E-state index contributed by atoms with van der Waals surface area (Å²) in [4.78, 5) is 11.3. The molecule has 0 aliphatic rings. The second-order valence-electron chi connectivity index (χ2n) is 3.71. The van der Waals surface area contributed by atoms with Gasteiger partial charge in [0.2, 0.25) is 0 Å². The molecule has 1 aromatic carbocycles. The van der Waals surface area contributed by atoms with E-state index in [1.165, 1.54) is 0 Å². The number of nitrogens with one attached hydrogen (secondary N) is 1. The Bertz CT molecular complexity index is 527. The van der Waals surface area contributed by atoms with Gasteiger partial charge in [-0.05, 0) is 12.1 Å². The highest BCUT2D eigenvalue weighted by molar-refractivity contribution is 5.95. The average Bonchev–Trinajstić information content (AvgIpc) is 2.30. The van der Waals surface area contributed by atoms with Crippen molar-refractivity contribution >= 4 is 11.6 Å². The fourth-order valence-corrected chi connectivity index (χ4v) is 1.16. The van der Waals surface area contributed by atoms with Gasteiger partial charge in [0.1, 0.15) is 11.4 Å². The summed E-state index contributed by atoms with van der Waals surface area (Å²) in [6.07, 6.45) is -5.90. The largest absolute Gasteiger partial charge is 0.455 e. The molecule has 0 saturated heterocycles. The van der Waals surface area contributed by atoms with Gasteiger partial charge in [0.15, 0.2) is 5.82 Å². The smallest absolute Gasteiger partial charge is 0.396 e. The van der Waals surface area contributed by atoms with Crippen LogP contribution in [0.15, 0.2) is 12.1 Å². The van der Waals surface area contributed by atoms with Crippen LogP contribution in [0, 0.1) is 11.6 Å². The molecule has 0 aromatic heterocycles. The van der Waals surface area contributed by atoms with E-state index in [9.17, 15) is 35.5 Å². The molecule has 112 valence electrons. The zero-order valence-electron chi connectivity index (χ0n) is 9.49. The molecule has 0 spiro atoms. The number of rotatable bonds is 3. The van der Waals surface area contributed by atoms with E-state index in [2.05, 4.69) is 0 Å². The van der Waals surface area contributed by atoms with E-state index < -0.39 is 47.4 Å². The molecule has 0 atom stereocenters. The number of hydrogen-bond donors (Lipinski definition) is 2. The van der Waals surface area contributed by atoms with E-state index in [-0.39, 0.29) is 0 Å². The lowest BCUT2D eigenvalue weighted by molar-refractivity contribution is -0.278. The molecule has 0 fully saturated rings. The van der Waals surface area contributed by atoms with Gasteiger partial charge >= 0.3 is 12.1 Å². The second-order valence-corrected chi connectivity index (χ2v) is 3.71. The molecular formula is C10H7F7N2O. The maximum absolute atomic E-state index is 13.3. The number of nitrogens with two attached hydrogens (primary N) is 1. The fourth-order valence-electron chi connectivity index (χ4n) is 1.16. The number of carbonyl (C=O) groups excluding carboxylic acids is 1. The summed E-state index contributed by atoms with van der Waals surface area (Å²) < 4.78 is 87.1. The molecule has 10 heteroatoms. The third-order valence-corrected chi connectivity index (χ3v) is 2.23. The van der Waals surface area contributed by atoms with Gasteiger partial charge in [0.05, 0.1) is 12.2 Å². The minimum atomic E-state index is -5.90. The number of alkyl halides is 5. The van der Waals surface area contributed by atoms with Crippen LogP contribution in [0.4, 0.5) is 36.4 Å². The minimum absolute atomic E-state index is 0.579. The van der Waals surface area contributed by atoms with Crippen molar-refractivity contribution in [2.45, 2.75) is 12.1 Å². The van der Waals surface area contributed by atoms with Crippen LogP contribution in [0.3, 0.4) is 0 Å². The molecule has 20 heavy (non-hydrogen) atoms. The normalized spacial score (nSPS) is 12.3. The zero-order valence-corrected chi connectivity index (χ0v) is 9.49. The number of benzene rings is 1. The number of amides is 1. The summed E-state index contributed by atoms with van der Waals surface area (Å²) in [5, 5.41) is 1.11. The van der Waals surface area contributed by atoms with Crippen molar-refractivity contribution < 1.29 is 35.5 Å². The Hall–Kier alpha value is -2.00. The van der Waals surface area contributed by atoms with E-state index in [0.717, 1.165) is 11.4 Å². The number of halogens is 7. The number of hydrogen-bond acceptors (Lipinski definition) is 2. The summed E-state index contributed by atoms with van der Waals surface area (Å²) >= 11 is 0. The minimum Gasteiger partial charge on any atom is -0.396 e. The monoisotopic (exact) mass is 304 g/mol. The summed E-state index contributed by atoms with van der Waals surface area (Å²) in [6.45, 7) is -2.15. The Balaban J connectivity index is 2.92. The number of anilines is 1. The predicted molar refractivity (Wildman–Crippen MR) is 54.1 cm³/mol. The van der Waals surface area contributed by atoms with Gasteiger partial charge in [0, 0.05) is 0 Å². The second kappa shape index (κ2) is 5.17. The Kier molecular flexibility index (Phi) is 4.15. The van der Waals surface area contributed by atoms with Crippen molar-refractivity contribution in [1.29, 1.82) is 0 Å². The van der Waals surface area contributed by atoms with Gasteiger partial charge in [-0.2, -0.15) is 22.0 Å². The lowest BCUT2D eigenvalue weighted by Gasteiger charge is -2.20. The Morgan fingerprint density at radius 2 is 1.70 bits per heavy atom. The van der Waals surface area contributed by atoms with Gasteiger partial charge in [-0.25, -0.2) is 8.78 Å². The summed E-state index contributed by atoms with van der Waals surface area (Å²) in [5.41, 5.74) is 3.04. The maximum atomic E-state index is 13.3. The molecule has 0 heterocycles. The Labute approximate surface area is 107 Å². The quantitative estimate of drug-likeness (QED) is 0.666. The molecule has 0 radical (unpaired) electrons. The Morgan fingerprint density at radius 3 is 2.20 bits per heavy atom. The van der Waals surface area contributed by atoms with E-state index in [4.69, 9.17) is 5.73 Å². The van der Waals surface area contributed by atoms with Crippen LogP contribution in [0.5, 0.6) is 0 Å². The van der Waals surface area contributed by atoms with Crippen LogP contribution < -0.4 is 11.1 Å². The SMILES string of the molecule is Nc1ccc(F)c(C(=O)NCC(F)(F)C(F)(F)F)c1F. The van der Waals surface area contributed by atoms with Crippen LogP contribution in [-0.2, 0) is 0 Å². The molecule has 0 saturated carbocycles. The first-order valence-corrected chi connectivity index (χ1v) is 4.93. The average molecular weight is 304 g/mol. The summed E-state index contributed by atoms with van der Waals surface area (Å²) in [7, 11) is 0. The van der Waals surface area contributed by atoms with Gasteiger partial charge in [-0.3, -0.25) is 4.79 Å². The van der Waals surface area contributed by atoms with Crippen molar-refractivity contribution in [3.05, 3.63) is 29.3 Å². The molecule has 1 amide bonds. The molecule has 0 unspecified atom stereocenters. The van der Waals surface area contributed by atoms with Gasteiger partial charge in [-0.1, -0.05) is 0 Å². The zero-order chi connectivity index (χ0) is 15.7. The van der Waals surface area contributed by atoms with Gasteiger partial charge in [-0.15, -0.1) is 0 Å². The highest BCUT2D eigenvalue weighted by atomic mass is 19.4. The van der Waals surface area contributed by atoms with Crippen molar-refractivity contribution in [3.8, 4) is 0 Å². The molecule has 0 bridgehead atoms. The number of carbonyl (C=O) groups is 1. The van der Waals surface area contributed by atoms with Gasteiger partial charge < -0.3 is 11.1 Å². The van der Waals surface area contributed by atoms with E-state index in [0.29, 0.717) is 6.07 Å². The summed E-state index contributed by atoms with van der Waals surface area (Å²) in [5.74, 6) is -9.98. The highest BCUT2D eigenvalue weighted by Gasteiger charge is 2.57. The predicted octanol–water partition coefficient (Wildman–Crippen LogP) is 2.47. The molecule has 1 aromatic rings. The molecule has 3 N–H and O–H groups in total. The van der Waals surface area contributed by atoms with Crippen molar-refractivity contribution in [3.63, 3.8) is 0 Å². The third kappa shape index (κ3) is 3.11. The first-order valence-electron chi connectivity index (χ1n) is 4.93.